The summed E-state index contributed by atoms with van der Waals surface area (Å²) in [6, 6.07) is 4.68. The normalized spacial score (nSPS) is 18.4. The molecule has 1 aliphatic heterocycles. The summed E-state index contributed by atoms with van der Waals surface area (Å²) in [5.41, 5.74) is 1.23. The van der Waals surface area contributed by atoms with Crippen molar-refractivity contribution in [1.82, 2.24) is 0 Å². The van der Waals surface area contributed by atoms with E-state index in [4.69, 9.17) is 4.74 Å². The molecule has 5 heteroatoms. The first-order chi connectivity index (χ1) is 7.63. The maximum atomic E-state index is 10.8. The summed E-state index contributed by atoms with van der Waals surface area (Å²) in [5, 5.41) is 20.4. The smallest absolute Gasteiger partial charge is 0.311 e. The molecule has 0 aliphatic carbocycles. The molecule has 1 N–H and O–H groups in total. The highest BCUT2D eigenvalue weighted by molar-refractivity contribution is 5.68. The van der Waals surface area contributed by atoms with E-state index in [1.165, 1.54) is 6.07 Å². The van der Waals surface area contributed by atoms with Crippen LogP contribution in [0.2, 0.25) is 0 Å². The van der Waals surface area contributed by atoms with Crippen LogP contribution in [0, 0.1) is 10.1 Å². The van der Waals surface area contributed by atoms with Crippen molar-refractivity contribution in [2.75, 3.05) is 0 Å². The molecule has 1 aromatic rings. The van der Waals surface area contributed by atoms with E-state index in [0.717, 1.165) is 0 Å². The number of benzene rings is 1. The SMILES string of the molecule is CCC1=Cc2cccc([N+](=O)[O-])c2OC1O. The lowest BCUT2D eigenvalue weighted by Crippen LogP contribution is -2.22. The number of nitro groups is 1. The minimum absolute atomic E-state index is 0.122. The molecular weight excluding hydrogens is 210 g/mol. The average Bonchev–Trinajstić information content (AvgIpc) is 2.27. The number of fused-ring (bicyclic) bond motifs is 1. The third-order valence-corrected chi connectivity index (χ3v) is 2.52. The van der Waals surface area contributed by atoms with Gasteiger partial charge in [-0.25, -0.2) is 0 Å². The van der Waals surface area contributed by atoms with E-state index in [1.54, 1.807) is 18.2 Å². The maximum Gasteiger partial charge on any atom is 0.311 e. The summed E-state index contributed by atoms with van der Waals surface area (Å²) < 4.78 is 5.17. The second kappa shape index (κ2) is 3.94. The van der Waals surface area contributed by atoms with Crippen LogP contribution in [-0.4, -0.2) is 16.3 Å². The van der Waals surface area contributed by atoms with Gasteiger partial charge in [0.2, 0.25) is 12.0 Å². The zero-order valence-electron chi connectivity index (χ0n) is 8.71. The molecule has 1 atom stereocenters. The Bertz CT molecular complexity index is 467. The van der Waals surface area contributed by atoms with Gasteiger partial charge in [0.05, 0.1) is 4.92 Å². The van der Waals surface area contributed by atoms with Gasteiger partial charge in [-0.3, -0.25) is 10.1 Å². The van der Waals surface area contributed by atoms with E-state index in [0.29, 0.717) is 17.6 Å². The van der Waals surface area contributed by atoms with Gasteiger partial charge in [0.1, 0.15) is 0 Å². The van der Waals surface area contributed by atoms with E-state index in [-0.39, 0.29) is 11.4 Å². The molecule has 0 fully saturated rings. The predicted molar refractivity (Wildman–Crippen MR) is 58.0 cm³/mol. The second-order valence-corrected chi connectivity index (χ2v) is 3.50. The fraction of sp³-hybridized carbons (Fsp3) is 0.273. The lowest BCUT2D eigenvalue weighted by Gasteiger charge is -2.22. The monoisotopic (exact) mass is 221 g/mol. The lowest BCUT2D eigenvalue weighted by atomic mass is 10.0. The van der Waals surface area contributed by atoms with Crippen LogP contribution in [0.25, 0.3) is 6.08 Å². The molecular formula is C11H11NO4. The number of para-hydroxylation sites is 1. The molecule has 1 unspecified atom stereocenters. The summed E-state index contributed by atoms with van der Waals surface area (Å²) in [4.78, 5) is 10.2. The molecule has 1 aromatic carbocycles. The van der Waals surface area contributed by atoms with Crippen LogP contribution < -0.4 is 4.74 Å². The first-order valence-corrected chi connectivity index (χ1v) is 4.96. The van der Waals surface area contributed by atoms with Crippen molar-refractivity contribution in [2.24, 2.45) is 0 Å². The van der Waals surface area contributed by atoms with Gasteiger partial charge in [0.15, 0.2) is 0 Å². The fourth-order valence-corrected chi connectivity index (χ4v) is 1.66. The van der Waals surface area contributed by atoms with Crippen LogP contribution in [0.1, 0.15) is 18.9 Å². The molecule has 0 spiro atoms. The van der Waals surface area contributed by atoms with Gasteiger partial charge in [-0.2, -0.15) is 0 Å². The number of ether oxygens (including phenoxy) is 1. The van der Waals surface area contributed by atoms with Crippen LogP contribution in [0.3, 0.4) is 0 Å². The number of aliphatic hydroxyl groups is 1. The molecule has 2 rings (SSSR count). The van der Waals surface area contributed by atoms with Crippen LogP contribution in [0.4, 0.5) is 5.69 Å². The van der Waals surface area contributed by atoms with Gasteiger partial charge in [-0.1, -0.05) is 19.1 Å². The number of hydrogen-bond acceptors (Lipinski definition) is 4. The molecule has 1 aliphatic rings. The Labute approximate surface area is 92.1 Å². The van der Waals surface area contributed by atoms with Crippen LogP contribution in [-0.2, 0) is 0 Å². The fourth-order valence-electron chi connectivity index (χ4n) is 1.66. The first-order valence-electron chi connectivity index (χ1n) is 4.96. The average molecular weight is 221 g/mol. The van der Waals surface area contributed by atoms with Crippen molar-refractivity contribution < 1.29 is 14.8 Å². The van der Waals surface area contributed by atoms with Gasteiger partial charge in [-0.05, 0) is 18.1 Å². The summed E-state index contributed by atoms with van der Waals surface area (Å²) in [7, 11) is 0. The van der Waals surface area contributed by atoms with Gasteiger partial charge < -0.3 is 9.84 Å². The summed E-state index contributed by atoms with van der Waals surface area (Å²) in [5.74, 6) is 0.136. The summed E-state index contributed by atoms with van der Waals surface area (Å²) >= 11 is 0. The Hall–Kier alpha value is -1.88. The Morgan fingerprint density at radius 1 is 1.56 bits per heavy atom. The Balaban J connectivity index is 2.55. The molecule has 1 heterocycles. The van der Waals surface area contributed by atoms with Crippen molar-refractivity contribution >= 4 is 11.8 Å². The second-order valence-electron chi connectivity index (χ2n) is 3.50. The predicted octanol–water partition coefficient (Wildman–Crippen LogP) is 2.10. The van der Waals surface area contributed by atoms with E-state index >= 15 is 0 Å². The summed E-state index contributed by atoms with van der Waals surface area (Å²) in [6.45, 7) is 1.89. The largest absolute Gasteiger partial charge is 0.453 e. The molecule has 0 aromatic heterocycles. The third-order valence-electron chi connectivity index (χ3n) is 2.52. The topological polar surface area (TPSA) is 72.6 Å². The highest BCUT2D eigenvalue weighted by Crippen LogP contribution is 2.37. The van der Waals surface area contributed by atoms with Crippen LogP contribution >= 0.6 is 0 Å². The van der Waals surface area contributed by atoms with Crippen molar-refractivity contribution in [2.45, 2.75) is 19.6 Å². The van der Waals surface area contributed by atoms with Gasteiger partial charge in [0, 0.05) is 11.6 Å². The number of hydrogen-bond donors (Lipinski definition) is 1. The molecule has 0 bridgehead atoms. The molecule has 0 saturated heterocycles. The lowest BCUT2D eigenvalue weighted by molar-refractivity contribution is -0.386. The van der Waals surface area contributed by atoms with Crippen molar-refractivity contribution in [3.05, 3.63) is 39.4 Å². The quantitative estimate of drug-likeness (QED) is 0.613. The molecule has 0 radical (unpaired) electrons. The van der Waals surface area contributed by atoms with Crippen molar-refractivity contribution in [3.63, 3.8) is 0 Å². The number of rotatable bonds is 2. The Morgan fingerprint density at radius 2 is 2.31 bits per heavy atom. The number of nitrogens with zero attached hydrogens (tertiary/aromatic N) is 1. The molecule has 0 saturated carbocycles. The highest BCUT2D eigenvalue weighted by Gasteiger charge is 2.26. The van der Waals surface area contributed by atoms with Crippen LogP contribution in [0.15, 0.2) is 23.8 Å². The zero-order valence-corrected chi connectivity index (χ0v) is 8.71. The summed E-state index contributed by atoms with van der Waals surface area (Å²) in [6.07, 6.45) is 1.29. The van der Waals surface area contributed by atoms with E-state index in [9.17, 15) is 15.2 Å². The number of aliphatic hydroxyl groups excluding tert-OH is 1. The van der Waals surface area contributed by atoms with E-state index in [1.807, 2.05) is 6.92 Å². The minimum atomic E-state index is -1.08. The van der Waals surface area contributed by atoms with E-state index in [2.05, 4.69) is 0 Å². The van der Waals surface area contributed by atoms with Gasteiger partial charge in [0.25, 0.3) is 0 Å². The molecule has 16 heavy (non-hydrogen) atoms. The van der Waals surface area contributed by atoms with Crippen molar-refractivity contribution in [1.29, 1.82) is 0 Å². The molecule has 84 valence electrons. The third kappa shape index (κ3) is 1.65. The molecule has 5 nitrogen and oxygen atoms in total. The standard InChI is InChI=1S/C11H11NO4/c1-2-7-6-8-4-3-5-9(12(14)15)10(8)16-11(7)13/h3-6,11,13H,2H2,1H3. The van der Waals surface area contributed by atoms with Crippen LogP contribution in [0.5, 0.6) is 5.75 Å². The van der Waals surface area contributed by atoms with Gasteiger partial charge >= 0.3 is 5.69 Å². The number of nitro benzene ring substituents is 1. The highest BCUT2D eigenvalue weighted by atomic mass is 16.6. The van der Waals surface area contributed by atoms with Gasteiger partial charge in [-0.15, -0.1) is 0 Å². The van der Waals surface area contributed by atoms with Crippen molar-refractivity contribution in [3.8, 4) is 5.75 Å². The minimum Gasteiger partial charge on any atom is -0.453 e. The molecule has 0 amide bonds. The Kier molecular flexibility index (Phi) is 2.62. The van der Waals surface area contributed by atoms with E-state index < -0.39 is 11.2 Å². The maximum absolute atomic E-state index is 10.8. The zero-order chi connectivity index (χ0) is 11.7. The first kappa shape index (κ1) is 10.6. The Morgan fingerprint density at radius 3 is 2.94 bits per heavy atom.